The molecule has 0 bridgehead atoms. The maximum Gasteiger partial charge on any atom is 0.417 e. The number of benzene rings is 1. The van der Waals surface area contributed by atoms with Crippen LogP contribution in [0.15, 0.2) is 59.4 Å². The van der Waals surface area contributed by atoms with E-state index in [9.17, 15) is 26.7 Å². The molecule has 1 N–H and O–H groups in total. The molecule has 3 aromatic rings. The van der Waals surface area contributed by atoms with Crippen molar-refractivity contribution in [2.24, 2.45) is 0 Å². The molecule has 0 aliphatic heterocycles. The van der Waals surface area contributed by atoms with Crippen molar-refractivity contribution < 1.29 is 26.7 Å². The molecule has 10 heteroatoms. The van der Waals surface area contributed by atoms with Gasteiger partial charge < -0.3 is 10.1 Å². The van der Waals surface area contributed by atoms with Crippen molar-refractivity contribution >= 4 is 28.2 Å². The second-order valence-electron chi connectivity index (χ2n) is 7.83. The lowest BCUT2D eigenvalue weighted by Gasteiger charge is -2.21. The summed E-state index contributed by atoms with van der Waals surface area (Å²) in [5.74, 6) is -0.757. The highest BCUT2D eigenvalue weighted by molar-refractivity contribution is 5.87. The highest BCUT2D eigenvalue weighted by atomic mass is 19.4. The predicted octanol–water partition coefficient (Wildman–Crippen LogP) is 6.86. The number of hydrogen-bond acceptors (Lipinski definition) is 4. The zero-order valence-corrected chi connectivity index (χ0v) is 19.3. The minimum absolute atomic E-state index is 0.0552. The molecule has 35 heavy (non-hydrogen) atoms. The van der Waals surface area contributed by atoms with Crippen molar-refractivity contribution in [3.63, 3.8) is 0 Å². The number of pyridine rings is 2. The fraction of sp³-hybridized carbons (Fsp3) is 0.280. The summed E-state index contributed by atoms with van der Waals surface area (Å²) in [6.45, 7) is 4.24. The second-order valence-corrected chi connectivity index (χ2v) is 7.83. The monoisotopic (exact) mass is 493 g/mol. The van der Waals surface area contributed by atoms with Crippen LogP contribution in [0.3, 0.4) is 0 Å². The zero-order chi connectivity index (χ0) is 25.8. The quantitative estimate of drug-likeness (QED) is 0.275. The third-order valence-corrected chi connectivity index (χ3v) is 4.77. The van der Waals surface area contributed by atoms with Crippen LogP contribution in [0.4, 0.5) is 33.5 Å². The third kappa shape index (κ3) is 6.06. The van der Waals surface area contributed by atoms with Crippen LogP contribution in [0.2, 0.25) is 0 Å². The van der Waals surface area contributed by atoms with Crippen LogP contribution in [-0.4, -0.2) is 22.3 Å². The van der Waals surface area contributed by atoms with Crippen molar-refractivity contribution in [3.8, 4) is 5.88 Å². The van der Waals surface area contributed by atoms with Crippen molar-refractivity contribution in [2.75, 3.05) is 12.0 Å². The first-order valence-corrected chi connectivity index (χ1v) is 10.9. The molecule has 0 radical (unpaired) electrons. The molecule has 0 saturated heterocycles. The van der Waals surface area contributed by atoms with E-state index in [1.807, 2.05) is 0 Å². The fourth-order valence-corrected chi connectivity index (χ4v) is 3.46. The van der Waals surface area contributed by atoms with Crippen molar-refractivity contribution in [3.05, 3.63) is 76.2 Å². The molecule has 1 aromatic carbocycles. The molecule has 0 fully saturated rings. The minimum Gasteiger partial charge on any atom is -0.475 e. The smallest absolute Gasteiger partial charge is 0.417 e. The number of aromatic nitrogens is 2. The Balaban J connectivity index is 2.45. The third-order valence-electron chi connectivity index (χ3n) is 4.77. The summed E-state index contributed by atoms with van der Waals surface area (Å²) in [6.07, 6.45) is -0.692. The summed E-state index contributed by atoms with van der Waals surface area (Å²) < 4.78 is 75.2. The van der Waals surface area contributed by atoms with Gasteiger partial charge in [-0.15, -0.1) is 0 Å². The number of fused-ring (bicyclic) bond motifs is 1. The first-order chi connectivity index (χ1) is 16.5. The Hall–Kier alpha value is -3.69. The molecule has 2 heterocycles. The van der Waals surface area contributed by atoms with E-state index in [0.29, 0.717) is 18.2 Å². The van der Waals surface area contributed by atoms with Crippen LogP contribution in [0.1, 0.15) is 32.8 Å². The molecule has 0 aliphatic rings. The molecular formula is C25H24F5N3O2. The number of alkyl halides is 4. The first-order valence-electron chi connectivity index (χ1n) is 10.9. The number of ether oxygens (including phenoxy) is 1. The molecule has 186 valence electrons. The lowest BCUT2D eigenvalue weighted by atomic mass is 10.1. The van der Waals surface area contributed by atoms with Crippen molar-refractivity contribution in [2.45, 2.75) is 39.5 Å². The first kappa shape index (κ1) is 25.9. The van der Waals surface area contributed by atoms with Gasteiger partial charge in [-0.1, -0.05) is 19.1 Å². The van der Waals surface area contributed by atoms with E-state index in [4.69, 9.17) is 4.74 Å². The van der Waals surface area contributed by atoms with Gasteiger partial charge in [0, 0.05) is 23.5 Å². The van der Waals surface area contributed by atoms with E-state index in [1.54, 1.807) is 26.8 Å². The zero-order valence-electron chi connectivity index (χ0n) is 19.3. The Morgan fingerprint density at radius 2 is 1.89 bits per heavy atom. The number of nitrogens with one attached hydrogen (secondary N) is 1. The molecule has 0 spiro atoms. The number of rotatable bonds is 8. The Bertz CT molecular complexity index is 1310. The molecule has 0 unspecified atom stereocenters. The van der Waals surface area contributed by atoms with Crippen LogP contribution in [-0.2, 0) is 6.18 Å². The van der Waals surface area contributed by atoms with E-state index in [2.05, 4.69) is 10.3 Å². The topological polar surface area (TPSA) is 56.2 Å². The Morgan fingerprint density at radius 3 is 2.46 bits per heavy atom. The van der Waals surface area contributed by atoms with Crippen molar-refractivity contribution in [1.82, 2.24) is 9.55 Å². The lowest BCUT2D eigenvalue weighted by Crippen LogP contribution is -2.20. The molecule has 3 rings (SSSR count). The van der Waals surface area contributed by atoms with Crippen LogP contribution in [0.5, 0.6) is 5.88 Å². The number of halogens is 5. The number of anilines is 2. The van der Waals surface area contributed by atoms with Gasteiger partial charge in [-0.25, -0.2) is 8.78 Å². The highest BCUT2D eigenvalue weighted by Crippen LogP contribution is 2.37. The molecule has 0 saturated carbocycles. The van der Waals surface area contributed by atoms with Crippen LogP contribution < -0.4 is 15.5 Å². The summed E-state index contributed by atoms with van der Waals surface area (Å²) in [5, 5.41) is 2.27. The van der Waals surface area contributed by atoms with Gasteiger partial charge in [0.25, 0.3) is 0 Å². The van der Waals surface area contributed by atoms with E-state index in [1.165, 1.54) is 41.0 Å². The van der Waals surface area contributed by atoms with Gasteiger partial charge in [-0.3, -0.25) is 9.36 Å². The summed E-state index contributed by atoms with van der Waals surface area (Å²) in [7, 11) is 0. The van der Waals surface area contributed by atoms with E-state index in [0.717, 1.165) is 6.07 Å². The largest absolute Gasteiger partial charge is 0.475 e. The molecule has 0 atom stereocenters. The van der Waals surface area contributed by atoms with E-state index < -0.39 is 41.2 Å². The van der Waals surface area contributed by atoms with Crippen LogP contribution in [0.25, 0.3) is 16.7 Å². The van der Waals surface area contributed by atoms with Crippen molar-refractivity contribution in [1.29, 1.82) is 0 Å². The molecular weight excluding hydrogens is 469 g/mol. The number of allylic oxidation sites excluding steroid dienone is 4. The second kappa shape index (κ2) is 10.7. The predicted molar refractivity (Wildman–Crippen MR) is 126 cm³/mol. The molecule has 0 amide bonds. The van der Waals surface area contributed by atoms with Gasteiger partial charge in [-0.2, -0.15) is 18.2 Å². The molecule has 2 aromatic heterocycles. The van der Waals surface area contributed by atoms with E-state index >= 15 is 0 Å². The average molecular weight is 493 g/mol. The molecule has 5 nitrogen and oxygen atoms in total. The number of hydrogen-bond donors (Lipinski definition) is 1. The van der Waals surface area contributed by atoms with Crippen LogP contribution in [0, 0.1) is 5.82 Å². The van der Waals surface area contributed by atoms with Gasteiger partial charge in [0.2, 0.25) is 5.88 Å². The van der Waals surface area contributed by atoms with Gasteiger partial charge in [-0.05, 0) is 50.6 Å². The summed E-state index contributed by atoms with van der Waals surface area (Å²) >= 11 is 0. The Labute approximate surface area is 198 Å². The van der Waals surface area contributed by atoms with Gasteiger partial charge in [0.15, 0.2) is 11.1 Å². The minimum atomic E-state index is -4.87. The maximum absolute atomic E-state index is 14.0. The normalized spacial score (nSPS) is 12.7. The van der Waals surface area contributed by atoms with Gasteiger partial charge >= 0.3 is 6.18 Å². The SMILES string of the molecule is CC/C=C(\C=C/CF)n1c(Nc2ccc(F)cc2)cc(=O)c2c(C(F)(F)F)cc(OC(C)C)nc21. The fourth-order valence-electron chi connectivity index (χ4n) is 3.46. The standard InChI is InChI=1S/C25H24F5N3O2/c1-4-6-18(7-5-12-26)33-21(31-17-10-8-16(27)9-11-17)14-20(34)23-19(25(28,29)30)13-22(32-24(23)33)35-15(2)3/h5-11,13-15,31H,4,12H2,1-3H3/b7-5-,18-6+. The van der Waals surface area contributed by atoms with Gasteiger partial charge in [0.05, 0.1) is 17.1 Å². The highest BCUT2D eigenvalue weighted by Gasteiger charge is 2.36. The Kier molecular flexibility index (Phi) is 7.93. The summed E-state index contributed by atoms with van der Waals surface area (Å²) in [4.78, 5) is 17.3. The number of nitrogens with zero attached hydrogens (tertiary/aromatic N) is 2. The average Bonchev–Trinajstić information content (AvgIpc) is 2.77. The summed E-state index contributed by atoms with van der Waals surface area (Å²) in [6, 6.07) is 6.88. The van der Waals surface area contributed by atoms with Gasteiger partial charge in [0.1, 0.15) is 18.3 Å². The lowest BCUT2D eigenvalue weighted by molar-refractivity contribution is -0.136. The van der Waals surface area contributed by atoms with E-state index in [-0.39, 0.29) is 23.0 Å². The molecule has 0 aliphatic carbocycles. The Morgan fingerprint density at radius 1 is 1.20 bits per heavy atom. The van der Waals surface area contributed by atoms with Crippen LogP contribution >= 0.6 is 0 Å². The maximum atomic E-state index is 14.0. The summed E-state index contributed by atoms with van der Waals surface area (Å²) in [5.41, 5.74) is -1.80.